The molecule has 0 saturated carbocycles. The van der Waals surface area contributed by atoms with Gasteiger partial charge in [-0.05, 0) is 42.5 Å². The van der Waals surface area contributed by atoms with Gasteiger partial charge < -0.3 is 20.7 Å². The van der Waals surface area contributed by atoms with E-state index in [4.69, 9.17) is 4.74 Å². The highest BCUT2D eigenvalue weighted by molar-refractivity contribution is 9.10. The fourth-order valence-electron chi connectivity index (χ4n) is 2.06. The molecule has 0 heterocycles. The molecule has 0 aromatic heterocycles. The number of carbonyl (C=O) groups excluding carboxylic acids is 2. The van der Waals surface area contributed by atoms with Crippen molar-refractivity contribution in [2.75, 3.05) is 37.4 Å². The third kappa shape index (κ3) is 6.56. The fraction of sp³-hybridized carbons (Fsp3) is 0.222. The lowest BCUT2D eigenvalue weighted by atomic mass is 10.2. The van der Waals surface area contributed by atoms with Crippen LogP contribution in [0.15, 0.2) is 53.0 Å². The van der Waals surface area contributed by atoms with E-state index >= 15 is 0 Å². The lowest BCUT2D eigenvalue weighted by molar-refractivity contribution is -0.114. The Bertz CT molecular complexity index is 720. The van der Waals surface area contributed by atoms with Gasteiger partial charge in [0.1, 0.15) is 0 Å². The van der Waals surface area contributed by atoms with Gasteiger partial charge in [-0.2, -0.15) is 0 Å². The molecule has 0 aliphatic heterocycles. The molecule has 0 aliphatic carbocycles. The summed E-state index contributed by atoms with van der Waals surface area (Å²) in [4.78, 5) is 24.0. The van der Waals surface area contributed by atoms with Crippen LogP contribution < -0.4 is 16.0 Å². The van der Waals surface area contributed by atoms with E-state index < -0.39 is 0 Å². The minimum absolute atomic E-state index is 0.131. The van der Waals surface area contributed by atoms with Crippen LogP contribution in [0, 0.1) is 0 Å². The van der Waals surface area contributed by atoms with Crippen LogP contribution in [0.3, 0.4) is 0 Å². The summed E-state index contributed by atoms with van der Waals surface area (Å²) >= 11 is 3.36. The van der Waals surface area contributed by atoms with E-state index in [1.807, 2.05) is 24.3 Å². The third-order valence-corrected chi connectivity index (χ3v) is 3.83. The molecule has 0 saturated heterocycles. The van der Waals surface area contributed by atoms with Gasteiger partial charge >= 0.3 is 0 Å². The second-order valence-electron chi connectivity index (χ2n) is 5.24. The molecule has 6 nitrogen and oxygen atoms in total. The molecule has 0 aliphatic rings. The van der Waals surface area contributed by atoms with Gasteiger partial charge in [0.15, 0.2) is 0 Å². The molecule has 2 rings (SSSR count). The predicted molar refractivity (Wildman–Crippen MR) is 102 cm³/mol. The number of hydrogen-bond acceptors (Lipinski definition) is 4. The number of nitrogens with one attached hydrogen (secondary N) is 3. The van der Waals surface area contributed by atoms with Crippen LogP contribution in [-0.2, 0) is 9.53 Å². The van der Waals surface area contributed by atoms with E-state index in [0.717, 1.165) is 10.2 Å². The average Bonchev–Trinajstić information content (AvgIpc) is 2.61. The first-order chi connectivity index (χ1) is 12.1. The Morgan fingerprint density at radius 3 is 2.56 bits per heavy atom. The van der Waals surface area contributed by atoms with Crippen molar-refractivity contribution in [3.05, 3.63) is 58.6 Å². The van der Waals surface area contributed by atoms with Crippen LogP contribution in [0.4, 0.5) is 11.4 Å². The highest BCUT2D eigenvalue weighted by Gasteiger charge is 2.07. The van der Waals surface area contributed by atoms with Gasteiger partial charge in [0.05, 0.1) is 13.2 Å². The summed E-state index contributed by atoms with van der Waals surface area (Å²) in [7, 11) is 1.57. The summed E-state index contributed by atoms with van der Waals surface area (Å²) in [5, 5.41) is 8.55. The number of ether oxygens (including phenoxy) is 1. The van der Waals surface area contributed by atoms with Crippen LogP contribution >= 0.6 is 15.9 Å². The smallest absolute Gasteiger partial charge is 0.251 e. The van der Waals surface area contributed by atoms with Gasteiger partial charge in [-0.15, -0.1) is 0 Å². The molecule has 2 aromatic rings. The zero-order valence-corrected chi connectivity index (χ0v) is 15.4. The van der Waals surface area contributed by atoms with E-state index in [2.05, 4.69) is 31.9 Å². The number of methoxy groups -OCH3 is 1. The maximum atomic E-state index is 12.0. The Kier molecular flexibility index (Phi) is 7.43. The minimum atomic E-state index is -0.207. The Morgan fingerprint density at radius 2 is 1.84 bits per heavy atom. The van der Waals surface area contributed by atoms with Crippen molar-refractivity contribution in [3.8, 4) is 0 Å². The number of rotatable bonds is 8. The van der Waals surface area contributed by atoms with Crippen molar-refractivity contribution in [2.24, 2.45) is 0 Å². The maximum Gasteiger partial charge on any atom is 0.251 e. The average molecular weight is 406 g/mol. The summed E-state index contributed by atoms with van der Waals surface area (Å²) in [6.07, 6.45) is 0. The SMILES string of the molecule is COCCNC(=O)c1cccc(NC(=O)CNc2ccc(Br)cc2)c1. The number of hydrogen-bond donors (Lipinski definition) is 3. The zero-order valence-electron chi connectivity index (χ0n) is 13.8. The Hall–Kier alpha value is -2.38. The van der Waals surface area contributed by atoms with E-state index in [0.29, 0.717) is 24.4 Å². The first kappa shape index (κ1) is 19.0. The van der Waals surface area contributed by atoms with E-state index in [1.165, 1.54) is 0 Å². The van der Waals surface area contributed by atoms with Crippen molar-refractivity contribution in [2.45, 2.75) is 0 Å². The lowest BCUT2D eigenvalue weighted by Gasteiger charge is -2.09. The summed E-state index contributed by atoms with van der Waals surface area (Å²) in [5.41, 5.74) is 1.90. The molecule has 2 amide bonds. The molecule has 7 heteroatoms. The van der Waals surface area contributed by atoms with Gasteiger partial charge in [0, 0.05) is 35.1 Å². The van der Waals surface area contributed by atoms with Crippen LogP contribution in [-0.4, -0.2) is 38.6 Å². The second kappa shape index (κ2) is 9.80. The minimum Gasteiger partial charge on any atom is -0.383 e. The predicted octanol–water partition coefficient (Wildman–Crippen LogP) is 2.88. The molecule has 2 aromatic carbocycles. The van der Waals surface area contributed by atoms with Crippen LogP contribution in [0.25, 0.3) is 0 Å². The first-order valence-electron chi connectivity index (χ1n) is 7.75. The van der Waals surface area contributed by atoms with Crippen LogP contribution in [0.1, 0.15) is 10.4 Å². The summed E-state index contributed by atoms with van der Waals surface area (Å²) < 4.78 is 5.87. The molecule has 132 valence electrons. The van der Waals surface area contributed by atoms with E-state index in [9.17, 15) is 9.59 Å². The molecule has 25 heavy (non-hydrogen) atoms. The molecule has 0 spiro atoms. The zero-order chi connectivity index (χ0) is 18.1. The van der Waals surface area contributed by atoms with Crippen molar-refractivity contribution in [3.63, 3.8) is 0 Å². The van der Waals surface area contributed by atoms with Gasteiger partial charge in [-0.25, -0.2) is 0 Å². The van der Waals surface area contributed by atoms with E-state index in [-0.39, 0.29) is 18.4 Å². The summed E-state index contributed by atoms with van der Waals surface area (Å²) in [6, 6.07) is 14.3. The van der Waals surface area contributed by atoms with Crippen molar-refractivity contribution < 1.29 is 14.3 Å². The molecular weight excluding hydrogens is 386 g/mol. The fourth-order valence-corrected chi connectivity index (χ4v) is 2.33. The maximum absolute atomic E-state index is 12.0. The first-order valence-corrected chi connectivity index (χ1v) is 8.54. The monoisotopic (exact) mass is 405 g/mol. The molecule has 0 radical (unpaired) electrons. The normalized spacial score (nSPS) is 10.2. The number of amides is 2. The summed E-state index contributed by atoms with van der Waals surface area (Å²) in [6.45, 7) is 1.01. The van der Waals surface area contributed by atoms with Crippen molar-refractivity contribution >= 4 is 39.1 Å². The highest BCUT2D eigenvalue weighted by atomic mass is 79.9. The lowest BCUT2D eigenvalue weighted by Crippen LogP contribution is -2.27. The quantitative estimate of drug-likeness (QED) is 0.589. The largest absolute Gasteiger partial charge is 0.383 e. The standard InChI is InChI=1S/C18H20BrN3O3/c1-25-10-9-20-18(24)13-3-2-4-16(11-13)22-17(23)12-21-15-7-5-14(19)6-8-15/h2-8,11,21H,9-10,12H2,1H3,(H,20,24)(H,22,23). The Balaban J connectivity index is 1.86. The highest BCUT2D eigenvalue weighted by Crippen LogP contribution is 2.14. The Labute approximate surface area is 155 Å². The van der Waals surface area contributed by atoms with Crippen molar-refractivity contribution in [1.82, 2.24) is 5.32 Å². The van der Waals surface area contributed by atoms with Crippen LogP contribution in [0.5, 0.6) is 0 Å². The van der Waals surface area contributed by atoms with Crippen LogP contribution in [0.2, 0.25) is 0 Å². The topological polar surface area (TPSA) is 79.5 Å². The third-order valence-electron chi connectivity index (χ3n) is 3.30. The van der Waals surface area contributed by atoms with Gasteiger partial charge in [-0.3, -0.25) is 9.59 Å². The number of halogens is 1. The van der Waals surface area contributed by atoms with Crippen molar-refractivity contribution in [1.29, 1.82) is 0 Å². The van der Waals surface area contributed by atoms with Gasteiger partial charge in [0.25, 0.3) is 5.91 Å². The molecule has 0 atom stereocenters. The second-order valence-corrected chi connectivity index (χ2v) is 6.15. The molecule has 0 unspecified atom stereocenters. The molecule has 0 fully saturated rings. The molecule has 3 N–H and O–H groups in total. The van der Waals surface area contributed by atoms with Gasteiger partial charge in [0.2, 0.25) is 5.91 Å². The molecule has 0 bridgehead atoms. The number of anilines is 2. The van der Waals surface area contributed by atoms with Gasteiger partial charge in [-0.1, -0.05) is 22.0 Å². The Morgan fingerprint density at radius 1 is 1.08 bits per heavy atom. The molecular formula is C18H20BrN3O3. The number of carbonyl (C=O) groups is 2. The summed E-state index contributed by atoms with van der Waals surface area (Å²) in [5.74, 6) is -0.402. The number of benzene rings is 2. The van der Waals surface area contributed by atoms with E-state index in [1.54, 1.807) is 31.4 Å².